The van der Waals surface area contributed by atoms with Crippen molar-refractivity contribution in [2.45, 2.75) is 6.92 Å². The van der Waals surface area contributed by atoms with Crippen LogP contribution in [0.5, 0.6) is 6.01 Å². The summed E-state index contributed by atoms with van der Waals surface area (Å²) in [5.41, 5.74) is 0.871. The van der Waals surface area contributed by atoms with Crippen LogP contribution in [0.15, 0.2) is 48.5 Å². The number of aromatic nitrogens is 3. The minimum atomic E-state index is -0.461. The molecule has 0 saturated heterocycles. The zero-order valence-electron chi connectivity index (χ0n) is 14.6. The number of carbonyl (C=O) groups is 1. The standard InChI is InChI=1S/C19H17ClFN3O3/c1-2-26-10-11-27-19-22-17(14-4-3-5-15(20)12-14)24(23-19)18(25)13-6-8-16(21)9-7-13/h3-9,12H,2,10-11H2,1H3. The summed E-state index contributed by atoms with van der Waals surface area (Å²) in [7, 11) is 0. The highest BCUT2D eigenvalue weighted by molar-refractivity contribution is 6.30. The molecule has 140 valence electrons. The van der Waals surface area contributed by atoms with Crippen LogP contribution < -0.4 is 4.74 Å². The molecule has 3 aromatic rings. The van der Waals surface area contributed by atoms with E-state index >= 15 is 0 Å². The number of halogens is 2. The normalized spacial score (nSPS) is 10.8. The van der Waals surface area contributed by atoms with Crippen molar-refractivity contribution in [3.05, 3.63) is 64.9 Å². The molecular weight excluding hydrogens is 373 g/mol. The van der Waals surface area contributed by atoms with E-state index in [1.807, 2.05) is 6.92 Å². The molecule has 8 heteroatoms. The van der Waals surface area contributed by atoms with Crippen LogP contribution in [-0.2, 0) is 4.74 Å². The molecule has 0 aliphatic heterocycles. The van der Waals surface area contributed by atoms with Crippen LogP contribution in [0.4, 0.5) is 4.39 Å². The Labute approximate surface area is 160 Å². The number of carbonyl (C=O) groups excluding carboxylic acids is 1. The molecule has 1 aromatic heterocycles. The molecule has 0 aliphatic rings. The largest absolute Gasteiger partial charge is 0.460 e. The molecule has 0 amide bonds. The Hall–Kier alpha value is -2.77. The summed E-state index contributed by atoms with van der Waals surface area (Å²) in [4.78, 5) is 17.2. The van der Waals surface area contributed by atoms with Gasteiger partial charge in [-0.1, -0.05) is 23.7 Å². The van der Waals surface area contributed by atoms with Crippen molar-refractivity contribution in [1.82, 2.24) is 14.8 Å². The number of rotatable bonds is 7. The van der Waals surface area contributed by atoms with Gasteiger partial charge in [0.1, 0.15) is 12.4 Å². The fourth-order valence-corrected chi connectivity index (χ4v) is 2.55. The lowest BCUT2D eigenvalue weighted by Gasteiger charge is -2.05. The quantitative estimate of drug-likeness (QED) is 0.574. The SMILES string of the molecule is CCOCCOc1nc(-c2cccc(Cl)c2)n(C(=O)c2ccc(F)cc2)n1. The van der Waals surface area contributed by atoms with Crippen LogP contribution in [-0.4, -0.2) is 40.5 Å². The first-order valence-electron chi connectivity index (χ1n) is 8.32. The molecule has 0 N–H and O–H groups in total. The van der Waals surface area contributed by atoms with Gasteiger partial charge in [-0.3, -0.25) is 4.79 Å². The first-order chi connectivity index (χ1) is 13.1. The number of hydrogen-bond donors (Lipinski definition) is 0. The summed E-state index contributed by atoms with van der Waals surface area (Å²) >= 11 is 6.05. The average Bonchev–Trinajstić information content (AvgIpc) is 3.09. The van der Waals surface area contributed by atoms with Crippen LogP contribution in [0.2, 0.25) is 5.02 Å². The minimum absolute atomic E-state index is 0.0418. The summed E-state index contributed by atoms with van der Waals surface area (Å²) in [5.74, 6) is -0.615. The molecule has 0 fully saturated rings. The van der Waals surface area contributed by atoms with E-state index in [-0.39, 0.29) is 24.0 Å². The van der Waals surface area contributed by atoms with Gasteiger partial charge in [0.15, 0.2) is 5.82 Å². The zero-order chi connectivity index (χ0) is 19.2. The van der Waals surface area contributed by atoms with E-state index in [0.717, 1.165) is 4.68 Å². The van der Waals surface area contributed by atoms with Crippen LogP contribution >= 0.6 is 11.6 Å². The second-order valence-electron chi connectivity index (χ2n) is 5.50. The predicted octanol–water partition coefficient (Wildman–Crippen LogP) is 3.84. The molecule has 0 atom stereocenters. The lowest BCUT2D eigenvalue weighted by molar-refractivity contribution is 0.0938. The van der Waals surface area contributed by atoms with E-state index in [1.54, 1.807) is 24.3 Å². The van der Waals surface area contributed by atoms with Crippen LogP contribution in [0.25, 0.3) is 11.4 Å². The first-order valence-corrected chi connectivity index (χ1v) is 8.70. The Morgan fingerprint density at radius 1 is 1.19 bits per heavy atom. The second-order valence-corrected chi connectivity index (χ2v) is 5.93. The highest BCUT2D eigenvalue weighted by atomic mass is 35.5. The molecular formula is C19H17ClFN3O3. The smallest absolute Gasteiger partial charge is 0.336 e. The van der Waals surface area contributed by atoms with Crippen molar-refractivity contribution < 1.29 is 18.7 Å². The highest BCUT2D eigenvalue weighted by Gasteiger charge is 2.20. The lowest BCUT2D eigenvalue weighted by Crippen LogP contribution is -2.15. The molecule has 0 unspecified atom stereocenters. The van der Waals surface area contributed by atoms with Crippen molar-refractivity contribution in [3.63, 3.8) is 0 Å². The lowest BCUT2D eigenvalue weighted by atomic mass is 10.2. The third-order valence-corrected chi connectivity index (χ3v) is 3.85. The van der Waals surface area contributed by atoms with E-state index < -0.39 is 11.7 Å². The van der Waals surface area contributed by atoms with Gasteiger partial charge in [-0.15, -0.1) is 5.10 Å². The Morgan fingerprint density at radius 2 is 1.96 bits per heavy atom. The van der Waals surface area contributed by atoms with Gasteiger partial charge in [0.05, 0.1) is 6.61 Å². The number of ether oxygens (including phenoxy) is 2. The summed E-state index contributed by atoms with van der Waals surface area (Å²) in [6.07, 6.45) is 0. The predicted molar refractivity (Wildman–Crippen MR) is 98.6 cm³/mol. The maximum atomic E-state index is 13.2. The Kier molecular flexibility index (Phi) is 6.16. The van der Waals surface area contributed by atoms with Crippen molar-refractivity contribution in [3.8, 4) is 17.4 Å². The van der Waals surface area contributed by atoms with Crippen LogP contribution in [0.1, 0.15) is 17.3 Å². The molecule has 0 saturated carbocycles. The monoisotopic (exact) mass is 389 g/mol. The van der Waals surface area contributed by atoms with Gasteiger partial charge in [0.25, 0.3) is 5.91 Å². The highest BCUT2D eigenvalue weighted by Crippen LogP contribution is 2.24. The Balaban J connectivity index is 1.95. The van der Waals surface area contributed by atoms with Crippen LogP contribution in [0.3, 0.4) is 0 Å². The maximum absolute atomic E-state index is 13.2. The molecule has 6 nitrogen and oxygen atoms in total. The first kappa shape index (κ1) is 19.0. The summed E-state index contributed by atoms with van der Waals surface area (Å²) < 4.78 is 25.0. The van der Waals surface area contributed by atoms with Crippen molar-refractivity contribution in [2.75, 3.05) is 19.8 Å². The Morgan fingerprint density at radius 3 is 2.67 bits per heavy atom. The third kappa shape index (κ3) is 4.69. The van der Waals surface area contributed by atoms with E-state index in [0.29, 0.717) is 23.8 Å². The van der Waals surface area contributed by atoms with E-state index in [9.17, 15) is 9.18 Å². The number of benzene rings is 2. The molecule has 0 spiro atoms. The fraction of sp³-hybridized carbons (Fsp3) is 0.211. The van der Waals surface area contributed by atoms with Gasteiger partial charge >= 0.3 is 6.01 Å². The summed E-state index contributed by atoms with van der Waals surface area (Å²) in [5, 5.41) is 4.65. The Bertz CT molecular complexity index is 928. The van der Waals surface area contributed by atoms with E-state index in [4.69, 9.17) is 21.1 Å². The molecule has 0 radical (unpaired) electrons. The average molecular weight is 390 g/mol. The molecule has 3 rings (SSSR count). The fourth-order valence-electron chi connectivity index (χ4n) is 2.36. The van der Waals surface area contributed by atoms with Gasteiger partial charge in [-0.2, -0.15) is 9.67 Å². The second kappa shape index (κ2) is 8.75. The van der Waals surface area contributed by atoms with Gasteiger partial charge in [-0.05, 0) is 43.3 Å². The molecule has 2 aromatic carbocycles. The summed E-state index contributed by atoms with van der Waals surface area (Å²) in [6.45, 7) is 3.08. The number of hydrogen-bond acceptors (Lipinski definition) is 5. The van der Waals surface area contributed by atoms with Gasteiger partial charge < -0.3 is 9.47 Å². The van der Waals surface area contributed by atoms with E-state index in [1.165, 1.54) is 24.3 Å². The zero-order valence-corrected chi connectivity index (χ0v) is 15.3. The molecule has 1 heterocycles. The molecule has 0 bridgehead atoms. The van der Waals surface area contributed by atoms with Crippen LogP contribution in [0, 0.1) is 5.82 Å². The minimum Gasteiger partial charge on any atom is -0.460 e. The van der Waals surface area contributed by atoms with E-state index in [2.05, 4.69) is 10.1 Å². The van der Waals surface area contributed by atoms with Gasteiger partial charge in [0.2, 0.25) is 0 Å². The van der Waals surface area contributed by atoms with Crippen molar-refractivity contribution in [2.24, 2.45) is 0 Å². The molecule has 0 aliphatic carbocycles. The van der Waals surface area contributed by atoms with Gasteiger partial charge in [-0.25, -0.2) is 4.39 Å². The van der Waals surface area contributed by atoms with Crippen molar-refractivity contribution in [1.29, 1.82) is 0 Å². The van der Waals surface area contributed by atoms with Gasteiger partial charge in [0, 0.05) is 22.8 Å². The maximum Gasteiger partial charge on any atom is 0.336 e. The number of nitrogens with zero attached hydrogens (tertiary/aromatic N) is 3. The topological polar surface area (TPSA) is 66.2 Å². The third-order valence-electron chi connectivity index (χ3n) is 3.62. The molecule has 27 heavy (non-hydrogen) atoms. The summed E-state index contributed by atoms with van der Waals surface area (Å²) in [6, 6.07) is 12.1. The van der Waals surface area contributed by atoms with Crippen molar-refractivity contribution >= 4 is 17.5 Å².